The summed E-state index contributed by atoms with van der Waals surface area (Å²) in [6.45, 7) is 4.28. The third-order valence-electron chi connectivity index (χ3n) is 5.17. The molecule has 0 saturated carbocycles. The first-order valence-electron chi connectivity index (χ1n) is 9.59. The van der Waals surface area contributed by atoms with Crippen LogP contribution in [-0.4, -0.2) is 57.6 Å². The van der Waals surface area contributed by atoms with E-state index in [0.717, 1.165) is 37.3 Å². The van der Waals surface area contributed by atoms with Crippen molar-refractivity contribution < 1.29 is 12.8 Å². The summed E-state index contributed by atoms with van der Waals surface area (Å²) in [5.74, 6) is -0.235. The molecular weight excluding hydrogens is 391 g/mol. The van der Waals surface area contributed by atoms with Crippen LogP contribution in [0.3, 0.4) is 0 Å². The van der Waals surface area contributed by atoms with Crippen molar-refractivity contribution in [1.82, 2.24) is 14.6 Å². The highest BCUT2D eigenvalue weighted by molar-refractivity contribution is 7.89. The Labute approximate surface area is 170 Å². The number of halogens is 1. The molecule has 0 unspecified atom stereocenters. The minimum absolute atomic E-state index is 0.205. The van der Waals surface area contributed by atoms with Crippen LogP contribution < -0.4 is 9.62 Å². The zero-order chi connectivity index (χ0) is 20.3. The summed E-state index contributed by atoms with van der Waals surface area (Å²) >= 11 is 0. The van der Waals surface area contributed by atoms with E-state index in [9.17, 15) is 12.8 Å². The number of para-hydroxylation sites is 1. The molecule has 1 aliphatic heterocycles. The van der Waals surface area contributed by atoms with Gasteiger partial charge in [0.2, 0.25) is 10.0 Å². The molecule has 1 aromatic heterocycles. The maximum absolute atomic E-state index is 13.1. The molecule has 0 bridgehead atoms. The lowest BCUT2D eigenvalue weighted by Crippen LogP contribution is -2.48. The first kappa shape index (κ1) is 19.8. The van der Waals surface area contributed by atoms with Crippen molar-refractivity contribution in [3.05, 3.63) is 66.6 Å². The van der Waals surface area contributed by atoms with Crippen LogP contribution in [0, 0.1) is 5.82 Å². The molecule has 3 aromatic rings. The van der Waals surface area contributed by atoms with Gasteiger partial charge in [0.05, 0.1) is 5.52 Å². The molecule has 1 fully saturated rings. The minimum Gasteiger partial charge on any atom is -0.369 e. The van der Waals surface area contributed by atoms with Crippen LogP contribution >= 0.6 is 0 Å². The Bertz CT molecular complexity index is 1080. The predicted octanol–water partition coefficient (Wildman–Crippen LogP) is 2.47. The Morgan fingerprint density at radius 3 is 2.45 bits per heavy atom. The summed E-state index contributed by atoms with van der Waals surface area (Å²) in [5, 5.41) is 0.798. The van der Waals surface area contributed by atoms with Gasteiger partial charge in [0.25, 0.3) is 0 Å². The van der Waals surface area contributed by atoms with Gasteiger partial charge >= 0.3 is 0 Å². The standard InChI is InChI=1S/C21H23FN4O2S/c22-18-6-8-19(9-7-18)26-15-13-25(14-16-26)12-11-24-29(27,28)20-5-1-3-17-4-2-10-23-21(17)20/h1-10,24H,11-16H2. The van der Waals surface area contributed by atoms with Gasteiger partial charge in [-0.1, -0.05) is 18.2 Å². The Balaban J connectivity index is 1.32. The van der Waals surface area contributed by atoms with Gasteiger partial charge in [-0.15, -0.1) is 0 Å². The number of fused-ring (bicyclic) bond motifs is 1. The molecule has 0 atom stereocenters. The molecule has 1 saturated heterocycles. The van der Waals surface area contributed by atoms with Crippen molar-refractivity contribution in [1.29, 1.82) is 0 Å². The smallest absolute Gasteiger partial charge is 0.242 e. The number of piperazine rings is 1. The highest BCUT2D eigenvalue weighted by Crippen LogP contribution is 2.20. The second-order valence-corrected chi connectivity index (χ2v) is 8.77. The topological polar surface area (TPSA) is 65.5 Å². The van der Waals surface area contributed by atoms with E-state index in [4.69, 9.17) is 0 Å². The van der Waals surface area contributed by atoms with Gasteiger partial charge < -0.3 is 4.90 Å². The van der Waals surface area contributed by atoms with E-state index in [2.05, 4.69) is 19.5 Å². The zero-order valence-corrected chi connectivity index (χ0v) is 16.8. The van der Waals surface area contributed by atoms with E-state index in [1.807, 2.05) is 12.1 Å². The molecule has 0 aliphatic carbocycles. The number of hydrogen-bond acceptors (Lipinski definition) is 5. The van der Waals surface area contributed by atoms with E-state index < -0.39 is 10.0 Å². The average Bonchev–Trinajstić information content (AvgIpc) is 2.74. The summed E-state index contributed by atoms with van der Waals surface area (Å²) in [5.41, 5.74) is 1.49. The number of rotatable bonds is 6. The summed E-state index contributed by atoms with van der Waals surface area (Å²) < 4.78 is 41.3. The third-order valence-corrected chi connectivity index (χ3v) is 6.66. The lowest BCUT2D eigenvalue weighted by Gasteiger charge is -2.36. The largest absolute Gasteiger partial charge is 0.369 e. The van der Waals surface area contributed by atoms with E-state index in [1.165, 1.54) is 12.1 Å². The Kier molecular flexibility index (Phi) is 5.75. The Morgan fingerprint density at radius 1 is 0.966 bits per heavy atom. The molecule has 1 aliphatic rings. The van der Waals surface area contributed by atoms with E-state index in [-0.39, 0.29) is 10.7 Å². The van der Waals surface area contributed by atoms with E-state index in [0.29, 0.717) is 18.6 Å². The van der Waals surface area contributed by atoms with Gasteiger partial charge in [-0.05, 0) is 36.4 Å². The van der Waals surface area contributed by atoms with Crippen LogP contribution in [0.2, 0.25) is 0 Å². The van der Waals surface area contributed by atoms with Crippen molar-refractivity contribution >= 4 is 26.6 Å². The van der Waals surface area contributed by atoms with Crippen LogP contribution in [0.4, 0.5) is 10.1 Å². The van der Waals surface area contributed by atoms with Crippen LogP contribution in [0.5, 0.6) is 0 Å². The SMILES string of the molecule is O=S(=O)(NCCN1CCN(c2ccc(F)cc2)CC1)c1cccc2cccnc12. The van der Waals surface area contributed by atoms with Gasteiger partial charge in [0, 0.05) is 56.5 Å². The Morgan fingerprint density at radius 2 is 1.69 bits per heavy atom. The molecule has 29 heavy (non-hydrogen) atoms. The Hall–Kier alpha value is -2.55. The minimum atomic E-state index is -3.63. The molecule has 1 N–H and O–H groups in total. The normalized spacial score (nSPS) is 15.7. The van der Waals surface area contributed by atoms with Gasteiger partial charge in [-0.25, -0.2) is 17.5 Å². The molecule has 2 aromatic carbocycles. The van der Waals surface area contributed by atoms with Crippen LogP contribution in [-0.2, 0) is 10.0 Å². The number of anilines is 1. The van der Waals surface area contributed by atoms with Crippen LogP contribution in [0.15, 0.2) is 65.7 Å². The summed E-state index contributed by atoms with van der Waals surface area (Å²) in [4.78, 5) is 8.87. The van der Waals surface area contributed by atoms with Crippen LogP contribution in [0.25, 0.3) is 10.9 Å². The molecule has 2 heterocycles. The molecule has 4 rings (SSSR count). The number of sulfonamides is 1. The highest BCUT2D eigenvalue weighted by Gasteiger charge is 2.20. The van der Waals surface area contributed by atoms with Gasteiger partial charge in [0.1, 0.15) is 10.7 Å². The molecular formula is C21H23FN4O2S. The zero-order valence-electron chi connectivity index (χ0n) is 16.0. The molecule has 0 radical (unpaired) electrons. The molecule has 6 nitrogen and oxygen atoms in total. The number of nitrogens with zero attached hydrogens (tertiary/aromatic N) is 3. The molecule has 152 valence electrons. The summed E-state index contributed by atoms with van der Waals surface area (Å²) in [6, 6.07) is 15.3. The van der Waals surface area contributed by atoms with Gasteiger partial charge in [-0.2, -0.15) is 0 Å². The summed E-state index contributed by atoms with van der Waals surface area (Å²) in [6.07, 6.45) is 1.60. The lowest BCUT2D eigenvalue weighted by molar-refractivity contribution is 0.262. The maximum atomic E-state index is 13.1. The predicted molar refractivity (Wildman–Crippen MR) is 112 cm³/mol. The van der Waals surface area contributed by atoms with Gasteiger partial charge in [0.15, 0.2) is 0 Å². The number of nitrogens with one attached hydrogen (secondary N) is 1. The average molecular weight is 415 g/mol. The maximum Gasteiger partial charge on any atom is 0.242 e. The van der Waals surface area contributed by atoms with Crippen LogP contribution in [0.1, 0.15) is 0 Å². The van der Waals surface area contributed by atoms with Crippen molar-refractivity contribution in [2.75, 3.05) is 44.2 Å². The highest BCUT2D eigenvalue weighted by atomic mass is 32.2. The van der Waals surface area contributed by atoms with E-state index >= 15 is 0 Å². The van der Waals surface area contributed by atoms with Gasteiger partial charge in [-0.3, -0.25) is 9.88 Å². The summed E-state index contributed by atoms with van der Waals surface area (Å²) in [7, 11) is -3.63. The molecule has 0 spiro atoms. The quantitative estimate of drug-likeness (QED) is 0.671. The molecule has 0 amide bonds. The molecule has 8 heteroatoms. The number of benzene rings is 2. The first-order chi connectivity index (χ1) is 14.0. The number of aromatic nitrogens is 1. The fourth-order valence-electron chi connectivity index (χ4n) is 3.59. The fourth-order valence-corrected chi connectivity index (χ4v) is 4.79. The fraction of sp³-hybridized carbons (Fsp3) is 0.286. The van der Waals surface area contributed by atoms with Crippen molar-refractivity contribution in [2.24, 2.45) is 0 Å². The monoisotopic (exact) mass is 414 g/mol. The van der Waals surface area contributed by atoms with Crippen molar-refractivity contribution in [3.63, 3.8) is 0 Å². The first-order valence-corrected chi connectivity index (χ1v) is 11.1. The number of pyridine rings is 1. The lowest BCUT2D eigenvalue weighted by atomic mass is 10.2. The second kappa shape index (κ2) is 8.44. The second-order valence-electron chi connectivity index (χ2n) is 7.03. The van der Waals surface area contributed by atoms with Crippen molar-refractivity contribution in [3.8, 4) is 0 Å². The number of hydrogen-bond donors (Lipinski definition) is 1. The van der Waals surface area contributed by atoms with Crippen molar-refractivity contribution in [2.45, 2.75) is 4.90 Å². The van der Waals surface area contributed by atoms with E-state index in [1.54, 1.807) is 36.5 Å². The third kappa shape index (κ3) is 4.55.